The van der Waals surface area contributed by atoms with Crippen LogP contribution in [-0.2, 0) is 25.9 Å². The lowest BCUT2D eigenvalue weighted by Crippen LogP contribution is -2.37. The van der Waals surface area contributed by atoms with Crippen LogP contribution in [0.4, 0.5) is 19.0 Å². The Hall–Kier alpha value is -4.13. The van der Waals surface area contributed by atoms with Gasteiger partial charge in [-0.15, -0.1) is 0 Å². The highest BCUT2D eigenvalue weighted by atomic mass is 35.5. The number of carbonyl (C=O) groups excluding carboxylic acids is 2. The number of fused-ring (bicyclic) bond motifs is 3. The van der Waals surface area contributed by atoms with E-state index in [0.29, 0.717) is 66.5 Å². The second-order valence-corrected chi connectivity index (χ2v) is 14.4. The van der Waals surface area contributed by atoms with Crippen LogP contribution in [0.3, 0.4) is 0 Å². The van der Waals surface area contributed by atoms with Gasteiger partial charge in [-0.1, -0.05) is 49.9 Å². The minimum Gasteiger partial charge on any atom is -0.462 e. The molecule has 0 saturated carbocycles. The number of H-pyrrole nitrogens is 1. The smallest absolute Gasteiger partial charge is 0.306 e. The molecule has 0 spiro atoms. The summed E-state index contributed by atoms with van der Waals surface area (Å²) in [6.07, 6.45) is 5.57. The number of nitrogens with zero attached hydrogens (tertiary/aromatic N) is 3. The Morgan fingerprint density at radius 1 is 1.06 bits per heavy atom. The quantitative estimate of drug-likeness (QED) is 0.0868. The number of hydrogen-bond donors (Lipinski definition) is 2. The molecule has 2 unspecified atom stereocenters. The van der Waals surface area contributed by atoms with E-state index >= 15 is 13.2 Å². The lowest BCUT2D eigenvalue weighted by atomic mass is 9.79. The number of ether oxygens (including phenoxy) is 1. The molecule has 51 heavy (non-hydrogen) atoms. The number of rotatable bonds is 16. The van der Waals surface area contributed by atoms with Gasteiger partial charge in [-0.3, -0.25) is 14.4 Å². The SMILES string of the molecule is CC(C)(C)OC=O.CC(CCCCCCC(F)(F)c1nc(N2CCCC2)c2oc3ccccc3c2n1)C(F)(CCNC=O)c1cc(Cl)c[nH]c1=O. The minimum atomic E-state index is -3.23. The van der Waals surface area contributed by atoms with Gasteiger partial charge in [-0.2, -0.15) is 8.78 Å². The molecular weight excluding hydrogens is 687 g/mol. The summed E-state index contributed by atoms with van der Waals surface area (Å²) in [6.45, 7) is 9.13. The van der Waals surface area contributed by atoms with Gasteiger partial charge in [0.2, 0.25) is 12.2 Å². The summed E-state index contributed by atoms with van der Waals surface area (Å²) >= 11 is 6.04. The molecule has 1 aliphatic heterocycles. The van der Waals surface area contributed by atoms with Crippen molar-refractivity contribution in [3.8, 4) is 0 Å². The van der Waals surface area contributed by atoms with Gasteiger partial charge in [0.1, 0.15) is 22.4 Å². The van der Waals surface area contributed by atoms with Gasteiger partial charge < -0.3 is 24.4 Å². The Labute approximate surface area is 300 Å². The lowest BCUT2D eigenvalue weighted by Gasteiger charge is -2.31. The van der Waals surface area contributed by atoms with E-state index in [0.717, 1.165) is 25.9 Å². The summed E-state index contributed by atoms with van der Waals surface area (Å²) in [5.74, 6) is -3.89. The molecule has 10 nitrogen and oxygen atoms in total. The number of amides is 1. The van der Waals surface area contributed by atoms with E-state index in [-0.39, 0.29) is 35.6 Å². The molecule has 0 bridgehead atoms. The summed E-state index contributed by atoms with van der Waals surface area (Å²) in [5, 5.41) is 3.34. The largest absolute Gasteiger partial charge is 0.462 e. The van der Waals surface area contributed by atoms with E-state index in [1.54, 1.807) is 13.0 Å². The Morgan fingerprint density at radius 3 is 2.43 bits per heavy atom. The Balaban J connectivity index is 0.000000755. The van der Waals surface area contributed by atoms with Gasteiger partial charge >= 0.3 is 5.92 Å². The number of para-hydroxylation sites is 1. The van der Waals surface area contributed by atoms with Crippen molar-refractivity contribution in [3.05, 3.63) is 63.3 Å². The van der Waals surface area contributed by atoms with Gasteiger partial charge in [0.15, 0.2) is 11.4 Å². The van der Waals surface area contributed by atoms with Crippen molar-refractivity contribution in [2.75, 3.05) is 24.5 Å². The van der Waals surface area contributed by atoms with Crippen molar-refractivity contribution in [3.63, 3.8) is 0 Å². The minimum absolute atomic E-state index is 0.0489. The highest BCUT2D eigenvalue weighted by molar-refractivity contribution is 6.30. The molecular formula is C37H47ClF3N5O5. The highest BCUT2D eigenvalue weighted by Gasteiger charge is 2.40. The van der Waals surface area contributed by atoms with E-state index in [2.05, 4.69) is 25.0 Å². The number of aromatic nitrogens is 3. The van der Waals surface area contributed by atoms with Crippen LogP contribution < -0.4 is 15.8 Å². The van der Waals surface area contributed by atoms with Crippen molar-refractivity contribution in [2.24, 2.45) is 5.92 Å². The molecule has 278 valence electrons. The maximum absolute atomic E-state index is 16.4. The van der Waals surface area contributed by atoms with Crippen LogP contribution in [0.25, 0.3) is 22.1 Å². The number of nitrogens with one attached hydrogen (secondary N) is 2. The molecule has 2 atom stereocenters. The van der Waals surface area contributed by atoms with Crippen LogP contribution in [-0.4, -0.2) is 53.1 Å². The number of aromatic amines is 1. The third-order valence-corrected chi connectivity index (χ3v) is 9.25. The maximum Gasteiger partial charge on any atom is 0.306 e. The monoisotopic (exact) mass is 733 g/mol. The number of pyridine rings is 1. The summed E-state index contributed by atoms with van der Waals surface area (Å²) in [4.78, 5) is 45.9. The van der Waals surface area contributed by atoms with E-state index in [9.17, 15) is 14.4 Å². The van der Waals surface area contributed by atoms with E-state index in [4.69, 9.17) is 16.0 Å². The number of anilines is 1. The van der Waals surface area contributed by atoms with Crippen LogP contribution in [0.5, 0.6) is 0 Å². The molecule has 4 heterocycles. The van der Waals surface area contributed by atoms with Crippen LogP contribution >= 0.6 is 11.6 Å². The molecule has 1 saturated heterocycles. The zero-order valence-electron chi connectivity index (χ0n) is 29.6. The van der Waals surface area contributed by atoms with Gasteiger partial charge in [-0.05, 0) is 70.6 Å². The average Bonchev–Trinajstić information content (AvgIpc) is 3.75. The van der Waals surface area contributed by atoms with Crippen LogP contribution in [0.1, 0.15) is 96.9 Å². The van der Waals surface area contributed by atoms with Crippen LogP contribution in [0.15, 0.2) is 45.7 Å². The van der Waals surface area contributed by atoms with Crippen molar-refractivity contribution in [1.29, 1.82) is 0 Å². The van der Waals surface area contributed by atoms with E-state index in [1.165, 1.54) is 12.3 Å². The lowest BCUT2D eigenvalue weighted by molar-refractivity contribution is -0.138. The number of furan rings is 1. The molecule has 2 N–H and O–H groups in total. The maximum atomic E-state index is 16.4. The normalized spacial score (nSPS) is 15.3. The van der Waals surface area contributed by atoms with Crippen LogP contribution in [0, 0.1) is 5.92 Å². The number of benzene rings is 1. The molecule has 1 fully saturated rings. The molecule has 4 aromatic rings. The first-order valence-corrected chi connectivity index (χ1v) is 17.8. The average molecular weight is 734 g/mol. The summed E-state index contributed by atoms with van der Waals surface area (Å²) < 4.78 is 58.1. The second-order valence-electron chi connectivity index (χ2n) is 14.0. The summed E-state index contributed by atoms with van der Waals surface area (Å²) in [5.41, 5.74) is -1.58. The first-order chi connectivity index (χ1) is 24.2. The van der Waals surface area contributed by atoms with Crippen molar-refractivity contribution >= 4 is 52.4 Å². The number of carbonyl (C=O) groups is 2. The number of hydrogen-bond acceptors (Lipinski definition) is 8. The van der Waals surface area contributed by atoms with Crippen molar-refractivity contribution < 1.29 is 31.9 Å². The summed E-state index contributed by atoms with van der Waals surface area (Å²) in [7, 11) is 0. The topological polar surface area (TPSA) is 130 Å². The molecule has 5 rings (SSSR count). The van der Waals surface area contributed by atoms with Crippen molar-refractivity contribution in [2.45, 2.75) is 103 Å². The van der Waals surface area contributed by atoms with Gasteiger partial charge in [0.05, 0.1) is 10.6 Å². The van der Waals surface area contributed by atoms with E-state index in [1.807, 2.05) is 43.9 Å². The molecule has 14 heteroatoms. The Kier molecular flexibility index (Phi) is 13.5. The third kappa shape index (κ3) is 10.2. The van der Waals surface area contributed by atoms with Crippen molar-refractivity contribution in [1.82, 2.24) is 20.3 Å². The van der Waals surface area contributed by atoms with Gasteiger partial charge in [0, 0.05) is 44.1 Å². The van der Waals surface area contributed by atoms with Gasteiger partial charge in [-0.25, -0.2) is 14.4 Å². The highest BCUT2D eigenvalue weighted by Crippen LogP contribution is 2.41. The molecule has 0 radical (unpaired) electrons. The fourth-order valence-corrected chi connectivity index (χ4v) is 6.41. The second kappa shape index (κ2) is 17.4. The predicted octanol–water partition coefficient (Wildman–Crippen LogP) is 8.35. The zero-order valence-corrected chi connectivity index (χ0v) is 30.3. The predicted molar refractivity (Wildman–Crippen MR) is 192 cm³/mol. The Bertz CT molecular complexity index is 1820. The zero-order chi connectivity index (χ0) is 37.2. The molecule has 1 aliphatic rings. The standard InChI is InChI=1S/C32H37ClF3N5O3.C5H10O2/c1-21(31(34,14-15-37-20-42)24-18-22(33)19-38-29(24)43)10-4-2-3-7-13-32(35,36)30-39-26-23-11-5-6-12-25(23)44-27(26)28(40-30)41-16-8-9-17-41;1-5(2,3)7-4-6/h5-6,11-12,18-21H,2-4,7-10,13-17H2,1H3,(H,37,42)(H,38,43);4H,1-3H3. The molecule has 3 aromatic heterocycles. The molecule has 1 aromatic carbocycles. The first kappa shape index (κ1) is 39.7. The molecule has 1 amide bonds. The van der Waals surface area contributed by atoms with Gasteiger partial charge in [0.25, 0.3) is 12.0 Å². The summed E-state index contributed by atoms with van der Waals surface area (Å²) in [6, 6.07) is 8.60. The Morgan fingerprint density at radius 2 is 1.76 bits per heavy atom. The van der Waals surface area contributed by atoms with Crippen LogP contribution in [0.2, 0.25) is 5.02 Å². The number of alkyl halides is 3. The number of unbranched alkanes of at least 4 members (excludes halogenated alkanes) is 3. The fraction of sp³-hybridized carbons (Fsp3) is 0.541. The first-order valence-electron chi connectivity index (χ1n) is 17.4. The number of halogens is 4. The molecule has 0 aliphatic carbocycles. The fourth-order valence-electron chi connectivity index (χ4n) is 6.24. The van der Waals surface area contributed by atoms with E-state index < -0.39 is 35.3 Å². The third-order valence-electron chi connectivity index (χ3n) is 9.03.